The summed E-state index contributed by atoms with van der Waals surface area (Å²) in [5.74, 6) is 1.43. The molecule has 0 saturated carbocycles. The van der Waals surface area contributed by atoms with Crippen molar-refractivity contribution in [2.75, 3.05) is 14.2 Å². The van der Waals surface area contributed by atoms with E-state index in [4.69, 9.17) is 9.47 Å². The molecule has 4 rings (SSSR count). The van der Waals surface area contributed by atoms with Crippen molar-refractivity contribution >= 4 is 0 Å². The van der Waals surface area contributed by atoms with Crippen molar-refractivity contribution in [2.24, 2.45) is 0 Å². The van der Waals surface area contributed by atoms with Crippen LogP contribution in [-0.2, 0) is 6.42 Å². The predicted molar refractivity (Wildman–Crippen MR) is 130 cm³/mol. The number of methoxy groups -OCH3 is 2. The third-order valence-electron chi connectivity index (χ3n) is 5.72. The van der Waals surface area contributed by atoms with Crippen LogP contribution in [0.15, 0.2) is 83.7 Å². The fourth-order valence-corrected chi connectivity index (χ4v) is 3.96. The molecule has 0 saturated heterocycles. The maximum absolute atomic E-state index is 13.8. The van der Waals surface area contributed by atoms with Crippen LogP contribution < -0.4 is 15.0 Å². The lowest BCUT2D eigenvalue weighted by Gasteiger charge is -2.19. The SMILES string of the molecule is CCc1ccccc1-n1c(-c2ccc(OC)cc2)cc(-c2ccc(OC)cc2)c(C#N)c1=O. The minimum atomic E-state index is -0.350. The minimum absolute atomic E-state index is 0.100. The van der Waals surface area contributed by atoms with E-state index < -0.39 is 0 Å². The van der Waals surface area contributed by atoms with Gasteiger partial charge in [-0.1, -0.05) is 37.3 Å². The highest BCUT2D eigenvalue weighted by Gasteiger charge is 2.20. The van der Waals surface area contributed by atoms with Crippen molar-refractivity contribution in [3.8, 4) is 45.6 Å². The van der Waals surface area contributed by atoms with Gasteiger partial charge in [-0.3, -0.25) is 9.36 Å². The number of ether oxygens (including phenoxy) is 2. The van der Waals surface area contributed by atoms with E-state index in [-0.39, 0.29) is 11.1 Å². The van der Waals surface area contributed by atoms with Gasteiger partial charge in [-0.2, -0.15) is 5.26 Å². The van der Waals surface area contributed by atoms with Crippen LogP contribution >= 0.6 is 0 Å². The molecule has 4 aromatic rings. The number of nitriles is 1. The third-order valence-corrected chi connectivity index (χ3v) is 5.72. The van der Waals surface area contributed by atoms with Crippen LogP contribution in [0.2, 0.25) is 0 Å². The maximum atomic E-state index is 13.8. The van der Waals surface area contributed by atoms with E-state index >= 15 is 0 Å². The second-order valence-corrected chi connectivity index (χ2v) is 7.51. The predicted octanol–water partition coefficient (Wildman–Crippen LogP) is 5.62. The molecule has 0 aliphatic rings. The van der Waals surface area contributed by atoms with Crippen LogP contribution in [0.3, 0.4) is 0 Å². The molecule has 0 N–H and O–H groups in total. The summed E-state index contributed by atoms with van der Waals surface area (Å²) in [5, 5.41) is 9.98. The third kappa shape index (κ3) is 4.11. The molecule has 0 spiro atoms. The van der Waals surface area contributed by atoms with Crippen LogP contribution in [0.5, 0.6) is 11.5 Å². The topological polar surface area (TPSA) is 64.2 Å². The minimum Gasteiger partial charge on any atom is -0.497 e. The summed E-state index contributed by atoms with van der Waals surface area (Å²) in [7, 11) is 3.22. The Bertz CT molecular complexity index is 1380. The van der Waals surface area contributed by atoms with Gasteiger partial charge in [0, 0.05) is 5.56 Å². The normalized spacial score (nSPS) is 10.5. The first-order chi connectivity index (χ1) is 16.1. The van der Waals surface area contributed by atoms with Crippen molar-refractivity contribution in [2.45, 2.75) is 13.3 Å². The maximum Gasteiger partial charge on any atom is 0.274 e. The molecule has 0 radical (unpaired) electrons. The first kappa shape index (κ1) is 21.9. The molecular formula is C28H24N2O3. The molecule has 0 unspecified atom stereocenters. The molecule has 5 heteroatoms. The number of rotatable bonds is 6. The number of aryl methyl sites for hydroxylation is 1. The number of para-hydroxylation sites is 1. The number of pyridine rings is 1. The standard InChI is InChI=1S/C28H24N2O3/c1-4-19-7-5-6-8-26(19)30-27(21-11-15-23(33-3)16-12-21)17-24(25(18-29)28(30)31)20-9-13-22(32-2)14-10-20/h5-17H,4H2,1-3H3. The summed E-state index contributed by atoms with van der Waals surface area (Å²) in [6.07, 6.45) is 0.757. The van der Waals surface area contributed by atoms with Gasteiger partial charge < -0.3 is 9.47 Å². The fourth-order valence-electron chi connectivity index (χ4n) is 3.96. The lowest BCUT2D eigenvalue weighted by Crippen LogP contribution is -2.24. The van der Waals surface area contributed by atoms with E-state index in [0.717, 1.165) is 34.5 Å². The van der Waals surface area contributed by atoms with Crippen molar-refractivity contribution in [1.82, 2.24) is 4.57 Å². The van der Waals surface area contributed by atoms with E-state index in [1.807, 2.05) is 85.8 Å². The lowest BCUT2D eigenvalue weighted by atomic mass is 9.97. The van der Waals surface area contributed by atoms with E-state index in [1.54, 1.807) is 18.8 Å². The largest absolute Gasteiger partial charge is 0.497 e. The van der Waals surface area contributed by atoms with Gasteiger partial charge in [-0.15, -0.1) is 0 Å². The Balaban J connectivity index is 2.06. The Morgan fingerprint density at radius 1 is 0.848 bits per heavy atom. The zero-order chi connectivity index (χ0) is 23.4. The molecule has 0 atom stereocenters. The zero-order valence-corrected chi connectivity index (χ0v) is 18.8. The van der Waals surface area contributed by atoms with Gasteiger partial charge in [0.15, 0.2) is 0 Å². The van der Waals surface area contributed by atoms with Gasteiger partial charge in [0.25, 0.3) is 5.56 Å². The molecule has 0 bridgehead atoms. The van der Waals surface area contributed by atoms with Crippen LogP contribution in [0.4, 0.5) is 0 Å². The summed E-state index contributed by atoms with van der Waals surface area (Å²) < 4.78 is 12.2. The molecule has 1 heterocycles. The van der Waals surface area contributed by atoms with E-state index in [9.17, 15) is 10.1 Å². The zero-order valence-electron chi connectivity index (χ0n) is 18.8. The van der Waals surface area contributed by atoms with Crippen molar-refractivity contribution in [3.05, 3.63) is 100 Å². The van der Waals surface area contributed by atoms with E-state index in [1.165, 1.54) is 0 Å². The van der Waals surface area contributed by atoms with Gasteiger partial charge in [-0.25, -0.2) is 0 Å². The number of hydrogen-bond acceptors (Lipinski definition) is 4. The molecular weight excluding hydrogens is 412 g/mol. The molecule has 0 aliphatic heterocycles. The molecule has 0 aliphatic carbocycles. The average Bonchev–Trinajstić information content (AvgIpc) is 2.88. The monoisotopic (exact) mass is 436 g/mol. The van der Waals surface area contributed by atoms with Gasteiger partial charge >= 0.3 is 0 Å². The number of aromatic nitrogens is 1. The molecule has 3 aromatic carbocycles. The number of benzene rings is 3. The molecule has 0 amide bonds. The summed E-state index contributed by atoms with van der Waals surface area (Å²) >= 11 is 0. The molecule has 164 valence electrons. The first-order valence-corrected chi connectivity index (χ1v) is 10.7. The molecule has 33 heavy (non-hydrogen) atoms. The smallest absolute Gasteiger partial charge is 0.274 e. The van der Waals surface area contributed by atoms with E-state index in [2.05, 4.69) is 6.07 Å². The lowest BCUT2D eigenvalue weighted by molar-refractivity contribution is 0.415. The summed E-state index contributed by atoms with van der Waals surface area (Å²) in [6.45, 7) is 2.05. The fraction of sp³-hybridized carbons (Fsp3) is 0.143. The Kier molecular flexibility index (Phi) is 6.28. The van der Waals surface area contributed by atoms with Gasteiger partial charge in [-0.05, 0) is 71.6 Å². The van der Waals surface area contributed by atoms with Crippen molar-refractivity contribution in [1.29, 1.82) is 5.26 Å². The van der Waals surface area contributed by atoms with Crippen LogP contribution in [0, 0.1) is 11.3 Å². The summed E-state index contributed by atoms with van der Waals surface area (Å²) in [4.78, 5) is 13.8. The van der Waals surface area contributed by atoms with Crippen molar-refractivity contribution < 1.29 is 9.47 Å². The molecule has 1 aromatic heterocycles. The average molecular weight is 437 g/mol. The summed E-state index contributed by atoms with van der Waals surface area (Å²) in [6, 6.07) is 26.8. The van der Waals surface area contributed by atoms with Crippen LogP contribution in [0.1, 0.15) is 18.1 Å². The molecule has 0 fully saturated rings. The highest BCUT2D eigenvalue weighted by atomic mass is 16.5. The Morgan fingerprint density at radius 2 is 1.42 bits per heavy atom. The number of hydrogen-bond donors (Lipinski definition) is 0. The Labute approximate surface area is 193 Å². The van der Waals surface area contributed by atoms with Crippen LogP contribution in [-0.4, -0.2) is 18.8 Å². The second-order valence-electron chi connectivity index (χ2n) is 7.51. The van der Waals surface area contributed by atoms with Crippen LogP contribution in [0.25, 0.3) is 28.1 Å². The van der Waals surface area contributed by atoms with Gasteiger partial charge in [0.1, 0.15) is 23.1 Å². The Morgan fingerprint density at radius 3 is 1.97 bits per heavy atom. The van der Waals surface area contributed by atoms with Gasteiger partial charge in [0.2, 0.25) is 0 Å². The Hall–Kier alpha value is -4.30. The molecule has 5 nitrogen and oxygen atoms in total. The first-order valence-electron chi connectivity index (χ1n) is 10.7. The summed E-state index contributed by atoms with van der Waals surface area (Å²) in [5.41, 5.74) is 4.45. The highest BCUT2D eigenvalue weighted by Crippen LogP contribution is 2.32. The second kappa shape index (κ2) is 9.46. The highest BCUT2D eigenvalue weighted by molar-refractivity contribution is 5.77. The quantitative estimate of drug-likeness (QED) is 0.393. The van der Waals surface area contributed by atoms with Crippen molar-refractivity contribution in [3.63, 3.8) is 0 Å². The number of nitrogens with zero attached hydrogens (tertiary/aromatic N) is 2. The van der Waals surface area contributed by atoms with Gasteiger partial charge in [0.05, 0.1) is 25.6 Å². The van der Waals surface area contributed by atoms with E-state index in [0.29, 0.717) is 17.0 Å².